The van der Waals surface area contributed by atoms with Gasteiger partial charge < -0.3 is 5.32 Å². The first kappa shape index (κ1) is 16.8. The largest absolute Gasteiger partial charge is 0.306 e. The molecule has 7 heteroatoms. The van der Waals surface area contributed by atoms with Crippen molar-refractivity contribution in [3.05, 3.63) is 64.5 Å². The molecule has 1 aliphatic carbocycles. The molecule has 1 N–H and O–H groups in total. The zero-order valence-electron chi connectivity index (χ0n) is 15.0. The first-order valence-electron chi connectivity index (χ1n) is 9.51. The molecule has 5 rings (SSSR count). The lowest BCUT2D eigenvalue weighted by Gasteiger charge is -2.28. The van der Waals surface area contributed by atoms with E-state index in [1.165, 1.54) is 5.56 Å². The maximum Gasteiger partial charge on any atom is 0.151 e. The number of nitrogens with zero attached hydrogens (tertiary/aromatic N) is 5. The molecule has 0 atom stereocenters. The summed E-state index contributed by atoms with van der Waals surface area (Å²) < 4.78 is 2.25. The van der Waals surface area contributed by atoms with Crippen LogP contribution in [0.15, 0.2) is 36.5 Å². The molecule has 0 spiro atoms. The van der Waals surface area contributed by atoms with Crippen molar-refractivity contribution in [1.82, 2.24) is 30.3 Å². The second-order valence-corrected chi connectivity index (χ2v) is 7.82. The molecule has 1 fully saturated rings. The van der Waals surface area contributed by atoms with Crippen LogP contribution in [0.5, 0.6) is 0 Å². The fourth-order valence-electron chi connectivity index (χ4n) is 4.37. The van der Waals surface area contributed by atoms with Crippen LogP contribution in [0.3, 0.4) is 0 Å². The van der Waals surface area contributed by atoms with Crippen LogP contribution in [0.1, 0.15) is 60.4 Å². The third-order valence-electron chi connectivity index (χ3n) is 5.74. The van der Waals surface area contributed by atoms with Gasteiger partial charge in [0.2, 0.25) is 0 Å². The number of fused-ring (bicyclic) bond motifs is 3. The molecule has 3 aromatic rings. The van der Waals surface area contributed by atoms with Gasteiger partial charge in [0.05, 0.1) is 17.9 Å². The van der Waals surface area contributed by atoms with Crippen molar-refractivity contribution in [3.63, 3.8) is 0 Å². The number of nitrogens with one attached hydrogen (secondary N) is 1. The van der Waals surface area contributed by atoms with Crippen LogP contribution in [0.2, 0.25) is 5.02 Å². The van der Waals surface area contributed by atoms with E-state index in [-0.39, 0.29) is 0 Å². The maximum atomic E-state index is 6.21. The Labute approximate surface area is 163 Å². The Morgan fingerprint density at radius 2 is 1.81 bits per heavy atom. The standard InChI is InChI=1S/C20H21ClN6/c21-16-7-8-18-15(10-16)11-22-12-19-25-26-20(27(18)19)14-5-3-13(4-6-14)17-2-1-9-23-24-17/h1-2,7-10,13-14,22H,3-6,11-12H2. The molecule has 3 heterocycles. The number of halogens is 1. The Morgan fingerprint density at radius 1 is 0.963 bits per heavy atom. The van der Waals surface area contributed by atoms with E-state index >= 15 is 0 Å². The van der Waals surface area contributed by atoms with Gasteiger partial charge >= 0.3 is 0 Å². The quantitative estimate of drug-likeness (QED) is 0.733. The highest BCUT2D eigenvalue weighted by Gasteiger charge is 2.30. The van der Waals surface area contributed by atoms with Gasteiger partial charge in [0.1, 0.15) is 5.82 Å². The van der Waals surface area contributed by atoms with Gasteiger partial charge in [0, 0.05) is 29.6 Å². The Balaban J connectivity index is 1.44. The molecule has 1 aromatic carbocycles. The minimum absolute atomic E-state index is 0.417. The Hall–Kier alpha value is -2.31. The van der Waals surface area contributed by atoms with Crippen molar-refractivity contribution in [2.75, 3.05) is 0 Å². The summed E-state index contributed by atoms with van der Waals surface area (Å²) >= 11 is 6.21. The normalized spacial score (nSPS) is 22.0. The zero-order valence-corrected chi connectivity index (χ0v) is 15.7. The summed E-state index contributed by atoms with van der Waals surface area (Å²) in [4.78, 5) is 0. The van der Waals surface area contributed by atoms with Gasteiger partial charge in [-0.1, -0.05) is 11.6 Å². The molecule has 0 amide bonds. The molecular formula is C20H21ClN6. The highest BCUT2D eigenvalue weighted by atomic mass is 35.5. The van der Waals surface area contributed by atoms with Gasteiger partial charge in [-0.05, 0) is 61.6 Å². The van der Waals surface area contributed by atoms with Crippen LogP contribution < -0.4 is 5.32 Å². The number of rotatable bonds is 2. The third-order valence-corrected chi connectivity index (χ3v) is 5.97. The topological polar surface area (TPSA) is 68.5 Å². The van der Waals surface area contributed by atoms with Crippen LogP contribution in [-0.4, -0.2) is 25.0 Å². The van der Waals surface area contributed by atoms with Gasteiger partial charge in [-0.3, -0.25) is 4.57 Å². The molecule has 0 unspecified atom stereocenters. The van der Waals surface area contributed by atoms with Gasteiger partial charge in [-0.15, -0.1) is 10.2 Å². The van der Waals surface area contributed by atoms with Crippen LogP contribution in [0.4, 0.5) is 0 Å². The molecule has 138 valence electrons. The fraction of sp³-hybridized carbons (Fsp3) is 0.400. The summed E-state index contributed by atoms with van der Waals surface area (Å²) in [7, 11) is 0. The SMILES string of the molecule is Clc1ccc2c(c1)CNCc1nnc(C3CCC(c4cccnn4)CC3)n1-2. The Morgan fingerprint density at radius 3 is 2.63 bits per heavy atom. The summed E-state index contributed by atoms with van der Waals surface area (Å²) in [6, 6.07) is 10.1. The lowest BCUT2D eigenvalue weighted by Crippen LogP contribution is -2.17. The van der Waals surface area contributed by atoms with Crippen molar-refractivity contribution in [2.45, 2.75) is 50.6 Å². The number of aromatic nitrogens is 5. The lowest BCUT2D eigenvalue weighted by atomic mass is 9.80. The van der Waals surface area contributed by atoms with E-state index in [0.717, 1.165) is 60.3 Å². The van der Waals surface area contributed by atoms with Crippen molar-refractivity contribution >= 4 is 11.6 Å². The number of hydrogen-bond acceptors (Lipinski definition) is 5. The molecule has 2 aromatic heterocycles. The minimum atomic E-state index is 0.417. The van der Waals surface area contributed by atoms with Crippen LogP contribution in [-0.2, 0) is 13.1 Å². The first-order chi connectivity index (χ1) is 13.3. The van der Waals surface area contributed by atoms with E-state index in [0.29, 0.717) is 18.4 Å². The van der Waals surface area contributed by atoms with Crippen molar-refractivity contribution in [2.24, 2.45) is 0 Å². The summed E-state index contributed by atoms with van der Waals surface area (Å²) in [6.07, 6.45) is 6.14. The van der Waals surface area contributed by atoms with Crippen molar-refractivity contribution < 1.29 is 0 Å². The molecule has 1 saturated carbocycles. The second-order valence-electron chi connectivity index (χ2n) is 7.38. The van der Waals surface area contributed by atoms with Crippen molar-refractivity contribution in [3.8, 4) is 5.69 Å². The highest BCUT2D eigenvalue weighted by Crippen LogP contribution is 2.40. The predicted molar refractivity (Wildman–Crippen MR) is 103 cm³/mol. The van der Waals surface area contributed by atoms with Crippen LogP contribution in [0.25, 0.3) is 5.69 Å². The predicted octanol–water partition coefficient (Wildman–Crippen LogP) is 3.76. The zero-order chi connectivity index (χ0) is 18.2. The molecule has 27 heavy (non-hydrogen) atoms. The smallest absolute Gasteiger partial charge is 0.151 e. The van der Waals surface area contributed by atoms with Crippen LogP contribution in [0, 0.1) is 0 Å². The molecular weight excluding hydrogens is 360 g/mol. The van der Waals surface area contributed by atoms with Gasteiger partial charge in [-0.25, -0.2) is 0 Å². The molecule has 1 aliphatic heterocycles. The first-order valence-corrected chi connectivity index (χ1v) is 9.88. The molecule has 6 nitrogen and oxygen atoms in total. The monoisotopic (exact) mass is 380 g/mol. The fourth-order valence-corrected chi connectivity index (χ4v) is 4.57. The van der Waals surface area contributed by atoms with E-state index < -0.39 is 0 Å². The Bertz CT molecular complexity index is 946. The van der Waals surface area contributed by atoms with Gasteiger partial charge in [-0.2, -0.15) is 10.2 Å². The average Bonchev–Trinajstić information content (AvgIpc) is 3.04. The van der Waals surface area contributed by atoms with E-state index in [2.05, 4.69) is 42.4 Å². The highest BCUT2D eigenvalue weighted by molar-refractivity contribution is 6.30. The molecule has 0 saturated heterocycles. The number of benzene rings is 1. The lowest BCUT2D eigenvalue weighted by molar-refractivity contribution is 0.376. The van der Waals surface area contributed by atoms with Crippen molar-refractivity contribution in [1.29, 1.82) is 0 Å². The third kappa shape index (κ3) is 3.13. The minimum Gasteiger partial charge on any atom is -0.306 e. The molecule has 0 bridgehead atoms. The maximum absolute atomic E-state index is 6.21. The molecule has 0 radical (unpaired) electrons. The Kier molecular flexibility index (Phi) is 4.38. The van der Waals surface area contributed by atoms with Gasteiger partial charge in [0.25, 0.3) is 0 Å². The summed E-state index contributed by atoms with van der Waals surface area (Å²) in [6.45, 7) is 1.51. The van der Waals surface area contributed by atoms with E-state index in [4.69, 9.17) is 11.6 Å². The van der Waals surface area contributed by atoms with Crippen LogP contribution >= 0.6 is 11.6 Å². The summed E-state index contributed by atoms with van der Waals surface area (Å²) in [5, 5.41) is 21.6. The molecule has 2 aliphatic rings. The summed E-state index contributed by atoms with van der Waals surface area (Å²) in [5.74, 6) is 2.96. The van der Waals surface area contributed by atoms with E-state index in [1.807, 2.05) is 18.2 Å². The average molecular weight is 381 g/mol. The van der Waals surface area contributed by atoms with E-state index in [1.54, 1.807) is 6.20 Å². The van der Waals surface area contributed by atoms with Gasteiger partial charge in [0.15, 0.2) is 5.82 Å². The summed E-state index contributed by atoms with van der Waals surface area (Å²) in [5.41, 5.74) is 3.45. The van der Waals surface area contributed by atoms with E-state index in [9.17, 15) is 0 Å². The second kappa shape index (κ2) is 7.02. The number of hydrogen-bond donors (Lipinski definition) is 1.